The zero-order chi connectivity index (χ0) is 11.0. The van der Waals surface area contributed by atoms with Gasteiger partial charge >= 0.3 is 0 Å². The van der Waals surface area contributed by atoms with Gasteiger partial charge < -0.3 is 14.6 Å². The van der Waals surface area contributed by atoms with Crippen LogP contribution in [0.1, 0.15) is 0 Å². The molecule has 0 unspecified atom stereocenters. The maximum absolute atomic E-state index is 5.90. The van der Waals surface area contributed by atoms with Gasteiger partial charge in [0.05, 0.1) is 10.7 Å². The molecule has 0 radical (unpaired) electrons. The van der Waals surface area contributed by atoms with E-state index in [9.17, 15) is 0 Å². The van der Waals surface area contributed by atoms with Crippen LogP contribution >= 0.6 is 11.6 Å². The van der Waals surface area contributed by atoms with Crippen LogP contribution in [0.5, 0.6) is 0 Å². The van der Waals surface area contributed by atoms with Gasteiger partial charge in [-0.1, -0.05) is 11.6 Å². The first-order chi connectivity index (χ1) is 7.84. The van der Waals surface area contributed by atoms with Crippen LogP contribution in [0.2, 0.25) is 5.02 Å². The number of nitrogens with zero attached hydrogens (tertiary/aromatic N) is 1. The standard InChI is InChI=1S/C12H13ClN2O/c13-10-7-9-1-2-11(12(9)16-8-10)15-5-3-14-4-6-15/h1-2,7-8,14H,3-6H2. The average molecular weight is 237 g/mol. The van der Waals surface area contributed by atoms with Gasteiger partial charge in [0.15, 0.2) is 5.76 Å². The van der Waals surface area contributed by atoms with E-state index in [-0.39, 0.29) is 0 Å². The van der Waals surface area contributed by atoms with Crippen molar-refractivity contribution in [1.29, 1.82) is 0 Å². The fraction of sp³-hybridized carbons (Fsp3) is 0.333. The van der Waals surface area contributed by atoms with Gasteiger partial charge in [0.2, 0.25) is 0 Å². The molecule has 0 amide bonds. The van der Waals surface area contributed by atoms with Crippen molar-refractivity contribution in [1.82, 2.24) is 5.32 Å². The van der Waals surface area contributed by atoms with E-state index in [2.05, 4.69) is 22.3 Å². The first-order valence-corrected chi connectivity index (χ1v) is 5.85. The van der Waals surface area contributed by atoms with Gasteiger partial charge in [0.1, 0.15) is 6.26 Å². The smallest absolute Gasteiger partial charge is 0.157 e. The third-order valence-corrected chi connectivity index (χ3v) is 3.15. The third-order valence-electron chi connectivity index (χ3n) is 2.96. The highest BCUT2D eigenvalue weighted by Gasteiger charge is 2.19. The van der Waals surface area contributed by atoms with Crippen molar-refractivity contribution in [2.75, 3.05) is 31.1 Å². The molecule has 2 heterocycles. The Kier molecular flexibility index (Phi) is 2.50. The highest BCUT2D eigenvalue weighted by Crippen LogP contribution is 2.36. The molecule has 84 valence electrons. The summed E-state index contributed by atoms with van der Waals surface area (Å²) in [5.74, 6) is 0.936. The van der Waals surface area contributed by atoms with Crippen molar-refractivity contribution in [3.05, 3.63) is 29.5 Å². The molecule has 0 spiro atoms. The van der Waals surface area contributed by atoms with Gasteiger partial charge in [-0.15, -0.1) is 0 Å². The van der Waals surface area contributed by atoms with Crippen molar-refractivity contribution in [2.24, 2.45) is 0 Å². The Morgan fingerprint density at radius 3 is 2.88 bits per heavy atom. The van der Waals surface area contributed by atoms with Crippen molar-refractivity contribution in [3.8, 4) is 11.3 Å². The quantitative estimate of drug-likeness (QED) is 0.825. The molecular formula is C12H13ClN2O. The molecule has 3 aliphatic rings. The van der Waals surface area contributed by atoms with Gasteiger partial charge in [-0.25, -0.2) is 0 Å². The molecule has 4 heteroatoms. The summed E-state index contributed by atoms with van der Waals surface area (Å²) in [5, 5.41) is 3.98. The number of halogens is 1. The fourth-order valence-corrected chi connectivity index (χ4v) is 2.32. The minimum atomic E-state index is 0.643. The van der Waals surface area contributed by atoms with E-state index in [1.165, 1.54) is 5.69 Å². The van der Waals surface area contributed by atoms with E-state index in [0.717, 1.165) is 37.5 Å². The lowest BCUT2D eigenvalue weighted by molar-refractivity contribution is 0.553. The summed E-state index contributed by atoms with van der Waals surface area (Å²) in [5.41, 5.74) is 2.24. The Hall–Kier alpha value is -1.19. The van der Waals surface area contributed by atoms with Gasteiger partial charge in [0, 0.05) is 31.7 Å². The summed E-state index contributed by atoms with van der Waals surface area (Å²) in [6.07, 6.45) is 1.59. The summed E-state index contributed by atoms with van der Waals surface area (Å²) >= 11 is 5.90. The van der Waals surface area contributed by atoms with Gasteiger partial charge in [-0.05, 0) is 18.2 Å². The van der Waals surface area contributed by atoms with Crippen molar-refractivity contribution in [3.63, 3.8) is 0 Å². The molecule has 3 nitrogen and oxygen atoms in total. The Morgan fingerprint density at radius 2 is 2.06 bits per heavy atom. The highest BCUT2D eigenvalue weighted by molar-refractivity contribution is 6.30. The SMILES string of the molecule is Clc1coc2c(N3CCNCC3)ccc-2c1. The normalized spacial score (nSPS) is 16.9. The van der Waals surface area contributed by atoms with Crippen molar-refractivity contribution < 1.29 is 4.42 Å². The van der Waals surface area contributed by atoms with Crippen LogP contribution in [0, 0.1) is 0 Å². The number of nitrogens with one attached hydrogen (secondary N) is 1. The van der Waals surface area contributed by atoms with Crippen LogP contribution in [0.25, 0.3) is 11.3 Å². The molecule has 0 saturated carbocycles. The molecule has 0 atom stereocenters. The van der Waals surface area contributed by atoms with Crippen molar-refractivity contribution >= 4 is 17.3 Å². The minimum Gasteiger partial charge on any atom is -0.461 e. The van der Waals surface area contributed by atoms with Gasteiger partial charge in [-0.2, -0.15) is 0 Å². The Morgan fingerprint density at radius 1 is 1.25 bits per heavy atom. The van der Waals surface area contributed by atoms with E-state index in [1.807, 2.05) is 6.07 Å². The van der Waals surface area contributed by atoms with Crippen LogP contribution in [0.3, 0.4) is 0 Å². The second-order valence-corrected chi connectivity index (χ2v) is 4.44. The molecule has 2 aliphatic heterocycles. The van der Waals surface area contributed by atoms with Crippen LogP contribution < -0.4 is 10.2 Å². The Labute approximate surface area is 99.3 Å². The number of piperazine rings is 1. The molecule has 0 aromatic heterocycles. The number of anilines is 1. The number of hydrogen-bond acceptors (Lipinski definition) is 3. The summed E-state index contributed by atoms with van der Waals surface area (Å²) in [4.78, 5) is 2.34. The average Bonchev–Trinajstić information content (AvgIpc) is 2.73. The topological polar surface area (TPSA) is 28.4 Å². The number of rotatable bonds is 1. The van der Waals surface area contributed by atoms with E-state index in [0.29, 0.717) is 5.02 Å². The largest absolute Gasteiger partial charge is 0.461 e. The van der Waals surface area contributed by atoms with Crippen LogP contribution in [-0.2, 0) is 0 Å². The lowest BCUT2D eigenvalue weighted by Gasteiger charge is -2.29. The first kappa shape index (κ1) is 10.00. The predicted molar refractivity (Wildman–Crippen MR) is 65.4 cm³/mol. The number of hydrogen-bond donors (Lipinski definition) is 1. The minimum absolute atomic E-state index is 0.643. The molecule has 1 fully saturated rings. The molecule has 1 aliphatic carbocycles. The maximum atomic E-state index is 5.90. The fourth-order valence-electron chi connectivity index (χ4n) is 2.16. The molecule has 16 heavy (non-hydrogen) atoms. The monoisotopic (exact) mass is 236 g/mol. The van der Waals surface area contributed by atoms with Crippen LogP contribution in [0.4, 0.5) is 5.69 Å². The summed E-state index contributed by atoms with van der Waals surface area (Å²) in [7, 11) is 0. The predicted octanol–water partition coefficient (Wildman–Crippen LogP) is 2.45. The highest BCUT2D eigenvalue weighted by atomic mass is 35.5. The van der Waals surface area contributed by atoms with Crippen LogP contribution in [0.15, 0.2) is 28.9 Å². The lowest BCUT2D eigenvalue weighted by Crippen LogP contribution is -2.43. The second-order valence-electron chi connectivity index (χ2n) is 4.01. The molecule has 3 rings (SSSR count). The van der Waals surface area contributed by atoms with E-state index in [1.54, 1.807) is 6.26 Å². The molecular weight excluding hydrogens is 224 g/mol. The number of fused-ring (bicyclic) bond motifs is 1. The van der Waals surface area contributed by atoms with Crippen LogP contribution in [-0.4, -0.2) is 26.2 Å². The molecule has 0 aromatic carbocycles. The Balaban J connectivity index is 1.98. The van der Waals surface area contributed by atoms with E-state index >= 15 is 0 Å². The van der Waals surface area contributed by atoms with E-state index < -0.39 is 0 Å². The maximum Gasteiger partial charge on any atom is 0.157 e. The summed E-state index contributed by atoms with van der Waals surface area (Å²) in [6.45, 7) is 4.11. The second kappa shape index (κ2) is 4.00. The lowest BCUT2D eigenvalue weighted by atomic mass is 10.2. The summed E-state index contributed by atoms with van der Waals surface area (Å²) in [6, 6.07) is 6.10. The van der Waals surface area contributed by atoms with Crippen molar-refractivity contribution in [2.45, 2.75) is 0 Å². The van der Waals surface area contributed by atoms with Gasteiger partial charge in [-0.3, -0.25) is 0 Å². The molecule has 1 saturated heterocycles. The zero-order valence-corrected chi connectivity index (χ0v) is 9.63. The van der Waals surface area contributed by atoms with Gasteiger partial charge in [0.25, 0.3) is 0 Å². The molecule has 1 N–H and O–H groups in total. The molecule has 0 bridgehead atoms. The third kappa shape index (κ3) is 1.66. The molecule has 0 aromatic rings. The zero-order valence-electron chi connectivity index (χ0n) is 8.87. The van der Waals surface area contributed by atoms with E-state index in [4.69, 9.17) is 16.0 Å². The Bertz CT molecular complexity index is 462. The summed E-state index contributed by atoms with van der Waals surface area (Å²) < 4.78 is 5.57. The first-order valence-electron chi connectivity index (χ1n) is 5.47.